The van der Waals surface area contributed by atoms with E-state index < -0.39 is 0 Å². The molecule has 0 atom stereocenters. The van der Waals surface area contributed by atoms with Crippen molar-refractivity contribution in [1.82, 2.24) is 15.0 Å². The Kier molecular flexibility index (Phi) is 3.02. The van der Waals surface area contributed by atoms with Crippen molar-refractivity contribution in [1.29, 1.82) is 0 Å². The molecule has 1 amide bonds. The van der Waals surface area contributed by atoms with E-state index >= 15 is 0 Å². The van der Waals surface area contributed by atoms with E-state index in [9.17, 15) is 4.79 Å². The van der Waals surface area contributed by atoms with E-state index in [0.717, 1.165) is 28.8 Å². The number of rotatable bonds is 2. The van der Waals surface area contributed by atoms with Crippen LogP contribution in [0.5, 0.6) is 0 Å². The minimum absolute atomic E-state index is 0.189. The van der Waals surface area contributed by atoms with E-state index in [0.29, 0.717) is 5.56 Å². The molecule has 1 aromatic carbocycles. The maximum Gasteiger partial charge on any atom is 0.272 e. The van der Waals surface area contributed by atoms with Gasteiger partial charge in [-0.1, -0.05) is 10.6 Å². The molecule has 92 valence electrons. The van der Waals surface area contributed by atoms with E-state index in [-0.39, 0.29) is 5.91 Å². The molecule has 2 aromatic rings. The van der Waals surface area contributed by atoms with Crippen LogP contribution in [0.3, 0.4) is 0 Å². The van der Waals surface area contributed by atoms with Gasteiger partial charge in [-0.05, 0) is 49.3 Å². The Morgan fingerprint density at radius 3 is 3.00 bits per heavy atom. The number of nitrogens with one attached hydrogen (secondary N) is 1. The molecule has 1 aliphatic carbocycles. The van der Waals surface area contributed by atoms with Crippen LogP contribution in [0.4, 0.5) is 0 Å². The topological polar surface area (TPSA) is 67.2 Å². The van der Waals surface area contributed by atoms with E-state index in [1.807, 2.05) is 6.07 Å². The second kappa shape index (κ2) is 4.81. The Labute approximate surface area is 108 Å². The number of amides is 1. The summed E-state index contributed by atoms with van der Waals surface area (Å²) in [7, 11) is 0. The van der Waals surface area contributed by atoms with Crippen molar-refractivity contribution in [2.45, 2.75) is 25.7 Å². The number of fused-ring (bicyclic) bond motifs is 1. The summed E-state index contributed by atoms with van der Waals surface area (Å²) in [6.07, 6.45) is 4.32. The van der Waals surface area contributed by atoms with Crippen LogP contribution in [0.2, 0.25) is 0 Å². The molecular weight excluding hydrogens is 248 g/mol. The minimum Gasteiger partial charge on any atom is -0.267 e. The third kappa shape index (κ3) is 2.11. The van der Waals surface area contributed by atoms with Crippen LogP contribution in [0.1, 0.15) is 36.0 Å². The molecule has 18 heavy (non-hydrogen) atoms. The number of hydrogen-bond acceptors (Lipinski definition) is 5. The number of benzene rings is 1. The van der Waals surface area contributed by atoms with Crippen molar-refractivity contribution in [2.75, 3.05) is 0 Å². The molecule has 1 heterocycles. The van der Waals surface area contributed by atoms with Crippen LogP contribution >= 0.6 is 11.5 Å². The van der Waals surface area contributed by atoms with Gasteiger partial charge in [0.2, 0.25) is 0 Å². The predicted octanol–water partition coefficient (Wildman–Crippen LogP) is 2.35. The average molecular weight is 260 g/mol. The summed E-state index contributed by atoms with van der Waals surface area (Å²) in [4.78, 5) is 12.0. The highest BCUT2D eigenvalue weighted by Gasteiger charge is 2.13. The van der Waals surface area contributed by atoms with E-state index in [2.05, 4.69) is 20.1 Å². The number of hydrazone groups is 1. The molecule has 0 spiro atoms. The van der Waals surface area contributed by atoms with Crippen molar-refractivity contribution in [3.63, 3.8) is 0 Å². The summed E-state index contributed by atoms with van der Waals surface area (Å²) in [6.45, 7) is 0. The highest BCUT2D eigenvalue weighted by Crippen LogP contribution is 2.20. The molecule has 0 bridgehead atoms. The van der Waals surface area contributed by atoms with Gasteiger partial charge in [0.25, 0.3) is 5.91 Å². The van der Waals surface area contributed by atoms with Crippen LogP contribution in [-0.2, 0) is 0 Å². The largest absolute Gasteiger partial charge is 0.272 e. The van der Waals surface area contributed by atoms with Gasteiger partial charge in [0.15, 0.2) is 0 Å². The summed E-state index contributed by atoms with van der Waals surface area (Å²) in [5, 5.41) is 8.12. The highest BCUT2D eigenvalue weighted by molar-refractivity contribution is 7.13. The Bertz CT molecular complexity index is 611. The van der Waals surface area contributed by atoms with Crippen molar-refractivity contribution in [3.05, 3.63) is 23.8 Å². The van der Waals surface area contributed by atoms with Gasteiger partial charge in [-0.25, -0.2) is 5.43 Å². The molecule has 0 saturated heterocycles. The van der Waals surface area contributed by atoms with Crippen LogP contribution in [-0.4, -0.2) is 21.2 Å². The summed E-state index contributed by atoms with van der Waals surface area (Å²) in [5.41, 5.74) is 5.04. The number of carbonyl (C=O) groups excluding carboxylic acids is 1. The second-order valence-corrected chi connectivity index (χ2v) is 5.01. The maximum atomic E-state index is 12.0. The van der Waals surface area contributed by atoms with Crippen LogP contribution in [0.25, 0.3) is 10.2 Å². The van der Waals surface area contributed by atoms with Gasteiger partial charge in [-0.15, -0.1) is 5.10 Å². The van der Waals surface area contributed by atoms with E-state index in [4.69, 9.17) is 0 Å². The normalized spacial score (nSPS) is 15.0. The zero-order chi connectivity index (χ0) is 12.4. The van der Waals surface area contributed by atoms with Gasteiger partial charge in [-0.2, -0.15) is 5.10 Å². The lowest BCUT2D eigenvalue weighted by Gasteiger charge is -2.01. The minimum atomic E-state index is -0.189. The summed E-state index contributed by atoms with van der Waals surface area (Å²) in [5.74, 6) is -0.189. The van der Waals surface area contributed by atoms with Gasteiger partial charge < -0.3 is 0 Å². The van der Waals surface area contributed by atoms with E-state index in [1.54, 1.807) is 12.1 Å². The monoisotopic (exact) mass is 260 g/mol. The lowest BCUT2D eigenvalue weighted by Crippen LogP contribution is -2.19. The van der Waals surface area contributed by atoms with Crippen LogP contribution < -0.4 is 5.43 Å². The summed E-state index contributed by atoms with van der Waals surface area (Å²) >= 11 is 1.23. The van der Waals surface area contributed by atoms with Crippen LogP contribution in [0.15, 0.2) is 23.3 Å². The Morgan fingerprint density at radius 2 is 2.17 bits per heavy atom. The van der Waals surface area contributed by atoms with Crippen molar-refractivity contribution in [2.24, 2.45) is 5.10 Å². The third-order valence-electron chi connectivity index (χ3n) is 3.02. The molecule has 1 aromatic heterocycles. The maximum absolute atomic E-state index is 12.0. The lowest BCUT2D eigenvalue weighted by atomic mass is 10.2. The Balaban J connectivity index is 1.83. The average Bonchev–Trinajstić information content (AvgIpc) is 3.05. The smallest absolute Gasteiger partial charge is 0.267 e. The molecule has 1 N–H and O–H groups in total. The first-order valence-electron chi connectivity index (χ1n) is 5.91. The molecular formula is C12H12N4OS. The first-order valence-corrected chi connectivity index (χ1v) is 6.69. The predicted molar refractivity (Wildman–Crippen MR) is 70.8 cm³/mol. The number of nitrogens with zero attached hydrogens (tertiary/aromatic N) is 3. The van der Waals surface area contributed by atoms with Gasteiger partial charge in [0.1, 0.15) is 5.52 Å². The van der Waals surface area contributed by atoms with Gasteiger partial charge in [-0.3, -0.25) is 4.79 Å². The molecule has 0 radical (unpaired) electrons. The highest BCUT2D eigenvalue weighted by atomic mass is 32.1. The summed E-state index contributed by atoms with van der Waals surface area (Å²) in [6, 6.07) is 5.42. The standard InChI is InChI=1S/C12H12N4OS/c17-12(15-13-8-4-1-2-5-8)9-6-3-7-10-11(9)18-16-14-10/h3,6-7H,1-2,4-5H2,(H,15,17). The fraction of sp³-hybridized carbons (Fsp3) is 0.333. The molecule has 0 unspecified atom stereocenters. The first kappa shape index (κ1) is 11.3. The van der Waals surface area contributed by atoms with Crippen molar-refractivity contribution in [3.8, 4) is 0 Å². The van der Waals surface area contributed by atoms with Crippen molar-refractivity contribution >= 4 is 33.4 Å². The Morgan fingerprint density at radius 1 is 1.33 bits per heavy atom. The quantitative estimate of drug-likeness (QED) is 0.843. The lowest BCUT2D eigenvalue weighted by molar-refractivity contribution is 0.0956. The molecule has 0 aliphatic heterocycles. The van der Waals surface area contributed by atoms with Gasteiger partial charge >= 0.3 is 0 Å². The molecule has 5 nitrogen and oxygen atoms in total. The number of hydrogen-bond donors (Lipinski definition) is 1. The zero-order valence-corrected chi connectivity index (χ0v) is 10.5. The summed E-state index contributed by atoms with van der Waals surface area (Å²) < 4.78 is 4.66. The molecule has 1 fully saturated rings. The van der Waals surface area contributed by atoms with Gasteiger partial charge in [0.05, 0.1) is 10.3 Å². The second-order valence-electron chi connectivity index (χ2n) is 4.25. The zero-order valence-electron chi connectivity index (χ0n) is 9.72. The SMILES string of the molecule is O=C(NN=C1CCCC1)c1cccc2nnsc12. The van der Waals surface area contributed by atoms with Gasteiger partial charge in [0, 0.05) is 5.71 Å². The van der Waals surface area contributed by atoms with Crippen molar-refractivity contribution < 1.29 is 4.79 Å². The van der Waals surface area contributed by atoms with E-state index in [1.165, 1.54) is 24.4 Å². The molecule has 1 saturated carbocycles. The first-order chi connectivity index (χ1) is 8.84. The number of carbonyl (C=O) groups is 1. The fourth-order valence-corrected chi connectivity index (χ4v) is 2.74. The Hall–Kier alpha value is -1.82. The third-order valence-corrected chi connectivity index (χ3v) is 3.79. The fourth-order valence-electron chi connectivity index (χ4n) is 2.07. The molecule has 1 aliphatic rings. The molecule has 3 rings (SSSR count). The number of aromatic nitrogens is 2. The van der Waals surface area contributed by atoms with Crippen LogP contribution in [0, 0.1) is 0 Å². The molecule has 6 heteroatoms.